The minimum Gasteiger partial charge on any atom is -0.494 e. The maximum Gasteiger partial charge on any atom is 0.416 e. The second kappa shape index (κ2) is 13.5. The fourth-order valence-electron chi connectivity index (χ4n) is 8.37. The van der Waals surface area contributed by atoms with Crippen LogP contribution in [0, 0.1) is 5.82 Å². The Hall–Kier alpha value is -4.83. The van der Waals surface area contributed by atoms with Gasteiger partial charge in [-0.3, -0.25) is 4.79 Å². The molecule has 1 saturated heterocycles. The summed E-state index contributed by atoms with van der Waals surface area (Å²) in [6.45, 7) is 9.46. The fraction of sp³-hybridized carbons (Fsp3) is 0.295. The van der Waals surface area contributed by atoms with Crippen LogP contribution in [0.4, 0.5) is 23.2 Å². The number of nitrogens with zero attached hydrogens (tertiary/aromatic N) is 2. The summed E-state index contributed by atoms with van der Waals surface area (Å²) < 4.78 is 71.8. The zero-order chi connectivity index (χ0) is 38.0. The number of piperazine rings is 1. The van der Waals surface area contributed by atoms with E-state index in [9.17, 15) is 22.4 Å². The topological polar surface area (TPSA) is 42.0 Å². The van der Waals surface area contributed by atoms with E-state index >= 15 is 0 Å². The molecule has 278 valence electrons. The van der Waals surface area contributed by atoms with E-state index in [1.165, 1.54) is 18.2 Å². The molecule has 2 aliphatic heterocycles. The average molecular weight is 800 g/mol. The monoisotopic (exact) mass is 798 g/mol. The molecular formula is C44H39BrF4N2O3. The zero-order valence-electron chi connectivity index (χ0n) is 30.2. The number of carbonyl (C=O) groups excluding carboxylic acids is 1. The van der Waals surface area contributed by atoms with E-state index in [0.717, 1.165) is 57.7 Å². The van der Waals surface area contributed by atoms with Crippen molar-refractivity contribution in [3.63, 3.8) is 0 Å². The fourth-order valence-corrected chi connectivity index (χ4v) is 9.32. The molecule has 1 fully saturated rings. The van der Waals surface area contributed by atoms with Gasteiger partial charge in [0.25, 0.3) is 0 Å². The predicted molar refractivity (Wildman–Crippen MR) is 208 cm³/mol. The van der Waals surface area contributed by atoms with Crippen molar-refractivity contribution in [3.05, 3.63) is 129 Å². The molecule has 0 bridgehead atoms. The number of anilines is 1. The second-order valence-corrected chi connectivity index (χ2v) is 15.6. The van der Waals surface area contributed by atoms with Crippen molar-refractivity contribution >= 4 is 44.9 Å². The Bertz CT molecular complexity index is 2300. The smallest absolute Gasteiger partial charge is 0.416 e. The van der Waals surface area contributed by atoms with Gasteiger partial charge in [0.2, 0.25) is 6.41 Å². The summed E-state index contributed by atoms with van der Waals surface area (Å²) in [7, 11) is 0. The number of amides is 1. The number of alkyl halides is 3. The van der Waals surface area contributed by atoms with Crippen LogP contribution in [0.3, 0.4) is 0 Å². The minimum atomic E-state index is -4.59. The molecule has 0 radical (unpaired) electrons. The third-order valence-corrected chi connectivity index (χ3v) is 11.7. The Labute approximate surface area is 320 Å². The molecule has 5 aromatic carbocycles. The molecule has 8 rings (SSSR count). The van der Waals surface area contributed by atoms with Gasteiger partial charge in [0.15, 0.2) is 5.60 Å². The summed E-state index contributed by atoms with van der Waals surface area (Å²) >= 11 is 3.90. The molecule has 1 amide bonds. The van der Waals surface area contributed by atoms with Gasteiger partial charge in [0.1, 0.15) is 17.3 Å². The van der Waals surface area contributed by atoms with Gasteiger partial charge < -0.3 is 19.3 Å². The van der Waals surface area contributed by atoms with Crippen molar-refractivity contribution in [3.8, 4) is 22.6 Å². The van der Waals surface area contributed by atoms with Crippen molar-refractivity contribution in [1.82, 2.24) is 4.90 Å². The summed E-state index contributed by atoms with van der Waals surface area (Å²) in [4.78, 5) is 15.4. The van der Waals surface area contributed by atoms with E-state index in [1.54, 1.807) is 23.1 Å². The van der Waals surface area contributed by atoms with Gasteiger partial charge in [0.05, 0.1) is 12.2 Å². The number of ether oxygens (including phenoxy) is 2. The molecule has 0 N–H and O–H groups in total. The molecule has 1 atom stereocenters. The third-order valence-electron chi connectivity index (χ3n) is 11.1. The number of rotatable bonds is 8. The van der Waals surface area contributed by atoms with E-state index in [0.29, 0.717) is 71.7 Å². The van der Waals surface area contributed by atoms with Crippen LogP contribution in [0.5, 0.6) is 11.5 Å². The summed E-state index contributed by atoms with van der Waals surface area (Å²) in [6, 6.07) is 21.7. The Morgan fingerprint density at radius 2 is 1.57 bits per heavy atom. The summed E-state index contributed by atoms with van der Waals surface area (Å²) in [5.41, 5.74) is 4.12. The number of unbranched alkanes of at least 4 members (excludes halogenated alkanes) is 1. The van der Waals surface area contributed by atoms with Crippen LogP contribution >= 0.6 is 15.9 Å². The first-order valence-electron chi connectivity index (χ1n) is 18.2. The van der Waals surface area contributed by atoms with Gasteiger partial charge in [-0.2, -0.15) is 13.2 Å². The Balaban J connectivity index is 1.36. The molecule has 0 saturated carbocycles. The van der Waals surface area contributed by atoms with Gasteiger partial charge in [-0.25, -0.2) is 4.39 Å². The maximum absolute atomic E-state index is 14.5. The Morgan fingerprint density at radius 3 is 2.22 bits per heavy atom. The largest absolute Gasteiger partial charge is 0.494 e. The first-order chi connectivity index (χ1) is 25.9. The van der Waals surface area contributed by atoms with Crippen molar-refractivity contribution in [1.29, 1.82) is 0 Å². The molecule has 2 heterocycles. The van der Waals surface area contributed by atoms with Crippen molar-refractivity contribution in [2.75, 3.05) is 37.7 Å². The van der Waals surface area contributed by atoms with Gasteiger partial charge in [0, 0.05) is 63.8 Å². The van der Waals surface area contributed by atoms with Gasteiger partial charge >= 0.3 is 6.18 Å². The highest BCUT2D eigenvalue weighted by Gasteiger charge is 2.46. The van der Waals surface area contributed by atoms with Gasteiger partial charge in [-0.1, -0.05) is 79.5 Å². The van der Waals surface area contributed by atoms with E-state index in [2.05, 4.69) is 53.7 Å². The predicted octanol–water partition coefficient (Wildman–Crippen LogP) is 10.9. The molecule has 10 heteroatoms. The van der Waals surface area contributed by atoms with Crippen LogP contribution in [0.25, 0.3) is 28.0 Å². The molecular weight excluding hydrogens is 760 g/mol. The van der Waals surface area contributed by atoms with E-state index in [-0.39, 0.29) is 0 Å². The molecule has 0 aromatic heterocycles. The van der Waals surface area contributed by atoms with Crippen LogP contribution in [-0.4, -0.2) is 44.1 Å². The van der Waals surface area contributed by atoms with Gasteiger partial charge in [-0.15, -0.1) is 0 Å². The maximum atomic E-state index is 14.5. The van der Waals surface area contributed by atoms with Crippen molar-refractivity contribution < 1.29 is 31.8 Å². The molecule has 54 heavy (non-hydrogen) atoms. The third kappa shape index (κ3) is 5.93. The van der Waals surface area contributed by atoms with Gasteiger partial charge in [-0.05, 0) is 88.7 Å². The molecule has 1 aliphatic carbocycles. The molecule has 1 unspecified atom stereocenters. The molecule has 0 spiro atoms. The number of halogens is 5. The van der Waals surface area contributed by atoms with E-state index < -0.39 is 28.6 Å². The molecule has 3 aliphatic rings. The lowest BCUT2D eigenvalue weighted by Crippen LogP contribution is -2.45. The molecule has 5 nitrogen and oxygen atoms in total. The standard InChI is InChI=1S/C44H39BrF4N2O3/c1-4-5-22-53-32-13-8-28(9-14-32)43(27-6-11-30(46)12-7-27)17-16-34-40-38(33-15-10-29(44(47,48)49)23-35(33)41(34)54-43)36-24-31(25-37(45)39(36)42(40,2)3)51-20-18-50(26-52)19-21-51/h6-17,23-26H,4-5,18-22H2,1-3H3. The molecule has 5 aromatic rings. The van der Waals surface area contributed by atoms with Crippen LogP contribution in [0.1, 0.15) is 67.0 Å². The normalized spacial score (nSPS) is 18.6. The number of benzene rings is 5. The SMILES string of the molecule is CCCCOc1ccc(C2(c3ccc(F)cc3)C=Cc3c4c(c5ccc(C(F)(F)F)cc5c3O2)-c2cc(N3CCN(C=O)CC3)cc(Br)c2C4(C)C)cc1. The summed E-state index contributed by atoms with van der Waals surface area (Å²) in [5.74, 6) is 0.601. The second-order valence-electron chi connectivity index (χ2n) is 14.8. The minimum absolute atomic E-state index is 0.326. The number of fused-ring (bicyclic) bond motifs is 8. The first-order valence-corrected chi connectivity index (χ1v) is 19.0. The average Bonchev–Trinajstić information content (AvgIpc) is 3.41. The lowest BCUT2D eigenvalue weighted by molar-refractivity contribution is -0.137. The Kier molecular flexibility index (Phi) is 9.03. The van der Waals surface area contributed by atoms with Crippen molar-refractivity contribution in [2.45, 2.75) is 50.8 Å². The van der Waals surface area contributed by atoms with E-state index in [1.807, 2.05) is 36.4 Å². The van der Waals surface area contributed by atoms with Crippen molar-refractivity contribution in [2.24, 2.45) is 0 Å². The van der Waals surface area contributed by atoms with Crippen LogP contribution in [0.15, 0.2) is 89.4 Å². The number of hydrogen-bond acceptors (Lipinski definition) is 4. The lowest BCUT2D eigenvalue weighted by Gasteiger charge is -2.38. The summed E-state index contributed by atoms with van der Waals surface area (Å²) in [5, 5.41) is 0.972. The van der Waals surface area contributed by atoms with E-state index in [4.69, 9.17) is 9.47 Å². The summed E-state index contributed by atoms with van der Waals surface area (Å²) in [6.07, 6.45) is 2.09. The highest BCUT2D eigenvalue weighted by Crippen LogP contribution is 2.60. The highest BCUT2D eigenvalue weighted by molar-refractivity contribution is 9.10. The Morgan fingerprint density at radius 1 is 0.889 bits per heavy atom. The number of hydrogen-bond donors (Lipinski definition) is 0. The van der Waals surface area contributed by atoms with Crippen LogP contribution in [0.2, 0.25) is 0 Å². The van der Waals surface area contributed by atoms with Crippen LogP contribution < -0.4 is 14.4 Å². The number of carbonyl (C=O) groups is 1. The zero-order valence-corrected chi connectivity index (χ0v) is 31.8. The highest BCUT2D eigenvalue weighted by atomic mass is 79.9. The lowest BCUT2D eigenvalue weighted by atomic mass is 9.76. The first kappa shape index (κ1) is 36.2. The van der Waals surface area contributed by atoms with Crippen LogP contribution in [-0.2, 0) is 22.0 Å². The quantitative estimate of drug-likeness (QED) is 0.0891.